The maximum Gasteiger partial charge on any atom is 0.269 e. The van der Waals surface area contributed by atoms with Crippen LogP contribution in [0, 0.1) is 5.41 Å². The molecule has 0 bridgehead atoms. The molecule has 0 atom stereocenters. The quantitative estimate of drug-likeness (QED) is 0.716. The fourth-order valence-electron chi connectivity index (χ4n) is 1.62. The maximum absolute atomic E-state index is 12.0. The minimum absolute atomic E-state index is 0.0710. The predicted molar refractivity (Wildman–Crippen MR) is 77.4 cm³/mol. The van der Waals surface area contributed by atoms with Gasteiger partial charge in [0.15, 0.2) is 0 Å². The van der Waals surface area contributed by atoms with Crippen LogP contribution >= 0.6 is 11.3 Å². The number of rotatable bonds is 8. The van der Waals surface area contributed by atoms with Crippen LogP contribution in [0.1, 0.15) is 46.5 Å². The van der Waals surface area contributed by atoms with E-state index >= 15 is 0 Å². The molecule has 0 saturated carbocycles. The molecular formula is C11H22N4O2S2. The molecule has 0 aliphatic carbocycles. The molecule has 0 unspecified atom stereocenters. The second kappa shape index (κ2) is 6.62. The molecule has 110 valence electrons. The van der Waals surface area contributed by atoms with Crippen molar-refractivity contribution in [3.05, 3.63) is 0 Å². The molecule has 8 heteroatoms. The number of anilines is 1. The molecule has 0 aliphatic rings. The van der Waals surface area contributed by atoms with E-state index in [0.717, 1.165) is 30.6 Å². The van der Waals surface area contributed by atoms with Gasteiger partial charge in [-0.25, -0.2) is 13.1 Å². The van der Waals surface area contributed by atoms with Crippen LogP contribution in [-0.4, -0.2) is 25.2 Å². The molecule has 19 heavy (non-hydrogen) atoms. The molecule has 0 fully saturated rings. The highest BCUT2D eigenvalue weighted by Gasteiger charge is 2.24. The van der Waals surface area contributed by atoms with Gasteiger partial charge in [0.2, 0.25) is 9.47 Å². The first-order valence-corrected chi connectivity index (χ1v) is 8.65. The minimum Gasteiger partial charge on any atom is -0.374 e. The molecular weight excluding hydrogens is 284 g/mol. The summed E-state index contributed by atoms with van der Waals surface area (Å²) < 4.78 is 26.4. The topological polar surface area (TPSA) is 98.0 Å². The van der Waals surface area contributed by atoms with E-state index in [0.29, 0.717) is 6.54 Å². The number of aromatic nitrogens is 2. The second-order valence-electron chi connectivity index (χ2n) is 5.35. The number of hydrogen-bond acceptors (Lipinski definition) is 6. The van der Waals surface area contributed by atoms with Gasteiger partial charge in [-0.05, 0) is 11.8 Å². The molecule has 0 amide bonds. The van der Waals surface area contributed by atoms with Crippen LogP contribution in [0.3, 0.4) is 0 Å². The van der Waals surface area contributed by atoms with Gasteiger partial charge in [0, 0.05) is 6.54 Å². The number of nitrogens with zero attached hydrogens (tertiary/aromatic N) is 2. The van der Waals surface area contributed by atoms with Crippen LogP contribution < -0.4 is 10.5 Å². The molecule has 6 nitrogen and oxygen atoms in total. The van der Waals surface area contributed by atoms with Crippen molar-refractivity contribution in [2.45, 2.75) is 50.8 Å². The van der Waals surface area contributed by atoms with Gasteiger partial charge in [-0.15, -0.1) is 10.2 Å². The Morgan fingerprint density at radius 3 is 2.53 bits per heavy atom. The maximum atomic E-state index is 12.0. The Morgan fingerprint density at radius 2 is 2.00 bits per heavy atom. The highest BCUT2D eigenvalue weighted by Crippen LogP contribution is 2.24. The molecule has 1 rings (SSSR count). The SMILES string of the molecule is CCCCCC(C)(C)CNS(=O)(=O)c1nnc(N)s1. The summed E-state index contributed by atoms with van der Waals surface area (Å²) in [6.45, 7) is 6.65. The van der Waals surface area contributed by atoms with Gasteiger partial charge in [0.05, 0.1) is 0 Å². The van der Waals surface area contributed by atoms with E-state index in [9.17, 15) is 8.42 Å². The van der Waals surface area contributed by atoms with Crippen LogP contribution in [-0.2, 0) is 10.0 Å². The Bertz CT molecular complexity index is 497. The third-order valence-electron chi connectivity index (χ3n) is 2.85. The molecule has 0 aromatic carbocycles. The van der Waals surface area contributed by atoms with Crippen molar-refractivity contribution in [1.82, 2.24) is 14.9 Å². The van der Waals surface area contributed by atoms with Crippen molar-refractivity contribution in [1.29, 1.82) is 0 Å². The average Bonchev–Trinajstić information content (AvgIpc) is 2.75. The van der Waals surface area contributed by atoms with Crippen molar-refractivity contribution >= 4 is 26.5 Å². The summed E-state index contributed by atoms with van der Waals surface area (Å²) in [6.07, 6.45) is 4.42. The van der Waals surface area contributed by atoms with Gasteiger partial charge in [-0.1, -0.05) is 51.4 Å². The number of sulfonamides is 1. The zero-order valence-corrected chi connectivity index (χ0v) is 13.3. The minimum atomic E-state index is -3.59. The summed E-state index contributed by atoms with van der Waals surface area (Å²) in [5.41, 5.74) is 5.32. The lowest BCUT2D eigenvalue weighted by Crippen LogP contribution is -2.34. The van der Waals surface area contributed by atoms with E-state index in [1.54, 1.807) is 0 Å². The van der Waals surface area contributed by atoms with Gasteiger partial charge in [0.1, 0.15) is 0 Å². The standard InChI is InChI=1S/C11H22N4O2S2/c1-4-5-6-7-11(2,3)8-13-19(16,17)10-15-14-9(12)18-10/h13H,4-8H2,1-3H3,(H2,12,14). The largest absolute Gasteiger partial charge is 0.374 e. The number of nitrogens with two attached hydrogens (primary N) is 1. The zero-order chi connectivity index (χ0) is 14.5. The van der Waals surface area contributed by atoms with E-state index in [1.807, 2.05) is 0 Å². The number of nitrogen functional groups attached to an aromatic ring is 1. The van der Waals surface area contributed by atoms with E-state index < -0.39 is 10.0 Å². The lowest BCUT2D eigenvalue weighted by molar-refractivity contribution is 0.320. The highest BCUT2D eigenvalue weighted by atomic mass is 32.2. The van der Waals surface area contributed by atoms with E-state index in [1.165, 1.54) is 6.42 Å². The predicted octanol–water partition coefficient (Wildman–Crippen LogP) is 2.01. The van der Waals surface area contributed by atoms with Gasteiger partial charge >= 0.3 is 0 Å². The van der Waals surface area contributed by atoms with Gasteiger partial charge in [0.25, 0.3) is 10.0 Å². The third-order valence-corrected chi connectivity index (χ3v) is 5.37. The van der Waals surface area contributed by atoms with E-state index in [-0.39, 0.29) is 14.9 Å². The first-order valence-electron chi connectivity index (χ1n) is 6.35. The highest BCUT2D eigenvalue weighted by molar-refractivity contribution is 7.91. The van der Waals surface area contributed by atoms with E-state index in [2.05, 4.69) is 35.7 Å². The van der Waals surface area contributed by atoms with E-state index in [4.69, 9.17) is 5.73 Å². The second-order valence-corrected chi connectivity index (χ2v) is 8.30. The van der Waals surface area contributed by atoms with Crippen molar-refractivity contribution in [2.75, 3.05) is 12.3 Å². The normalized spacial score (nSPS) is 12.8. The molecule has 0 spiro atoms. The molecule has 1 aromatic rings. The molecule has 0 saturated heterocycles. The molecule has 0 radical (unpaired) electrons. The van der Waals surface area contributed by atoms with Crippen molar-refractivity contribution in [2.24, 2.45) is 5.41 Å². The summed E-state index contributed by atoms with van der Waals surface area (Å²) >= 11 is 0.872. The third kappa shape index (κ3) is 5.42. The Kier molecular flexibility index (Phi) is 5.69. The van der Waals surface area contributed by atoms with Crippen LogP contribution in [0.4, 0.5) is 5.13 Å². The molecule has 3 N–H and O–H groups in total. The molecule has 1 aromatic heterocycles. The summed E-state index contributed by atoms with van der Waals surface area (Å²) in [5.74, 6) is 0. The fourth-order valence-corrected chi connectivity index (χ4v) is 3.69. The molecule has 1 heterocycles. The first-order chi connectivity index (χ1) is 8.77. The van der Waals surface area contributed by atoms with Crippen molar-refractivity contribution in [3.8, 4) is 0 Å². The summed E-state index contributed by atoms with van der Waals surface area (Å²) in [7, 11) is -3.59. The van der Waals surface area contributed by atoms with Crippen molar-refractivity contribution in [3.63, 3.8) is 0 Å². The lowest BCUT2D eigenvalue weighted by Gasteiger charge is -2.24. The summed E-state index contributed by atoms with van der Waals surface area (Å²) in [4.78, 5) is 0. The van der Waals surface area contributed by atoms with Crippen LogP contribution in [0.5, 0.6) is 0 Å². The van der Waals surface area contributed by atoms with Crippen LogP contribution in [0.25, 0.3) is 0 Å². The van der Waals surface area contributed by atoms with Crippen molar-refractivity contribution < 1.29 is 8.42 Å². The summed E-state index contributed by atoms with van der Waals surface area (Å²) in [5, 5.41) is 7.23. The fraction of sp³-hybridized carbons (Fsp3) is 0.818. The first kappa shape index (κ1) is 16.3. The monoisotopic (exact) mass is 306 g/mol. The Morgan fingerprint density at radius 1 is 1.32 bits per heavy atom. The van der Waals surface area contributed by atoms with Crippen LogP contribution in [0.2, 0.25) is 0 Å². The Labute approximate surface area is 118 Å². The average molecular weight is 306 g/mol. The van der Waals surface area contributed by atoms with Gasteiger partial charge in [-0.3, -0.25) is 0 Å². The van der Waals surface area contributed by atoms with Crippen LogP contribution in [0.15, 0.2) is 4.34 Å². The lowest BCUT2D eigenvalue weighted by atomic mass is 9.87. The molecule has 0 aliphatic heterocycles. The number of hydrogen-bond donors (Lipinski definition) is 2. The Balaban J connectivity index is 2.55. The number of nitrogens with one attached hydrogen (secondary N) is 1. The smallest absolute Gasteiger partial charge is 0.269 e. The zero-order valence-electron chi connectivity index (χ0n) is 11.6. The summed E-state index contributed by atoms with van der Waals surface area (Å²) in [6, 6.07) is 0. The van der Waals surface area contributed by atoms with Gasteiger partial charge in [-0.2, -0.15) is 0 Å². The number of unbranched alkanes of at least 4 members (excludes halogenated alkanes) is 2. The van der Waals surface area contributed by atoms with Gasteiger partial charge < -0.3 is 5.73 Å². The Hall–Kier alpha value is -0.730.